The molecule has 3 nitrogen and oxygen atoms in total. The number of nitrogens with one attached hydrogen (secondary N) is 1. The molecule has 2 rings (SSSR count). The van der Waals surface area contributed by atoms with Crippen LogP contribution in [0.5, 0.6) is 0 Å². The van der Waals surface area contributed by atoms with Gasteiger partial charge >= 0.3 is 0 Å². The van der Waals surface area contributed by atoms with E-state index < -0.39 is 0 Å². The molecular formula is C10H16ClN3. The Morgan fingerprint density at radius 2 is 2.14 bits per heavy atom. The van der Waals surface area contributed by atoms with Crippen molar-refractivity contribution in [2.45, 2.75) is 37.8 Å². The standard InChI is InChI=1S/C10H16ClN3/c1-12-8-2-4-9(5-3-8)14-10(11)6-7-13-14/h6-9,12H,2-5H2,1H3. The molecule has 1 saturated carbocycles. The fourth-order valence-corrected chi connectivity index (χ4v) is 2.41. The Morgan fingerprint density at radius 1 is 1.43 bits per heavy atom. The zero-order chi connectivity index (χ0) is 9.97. The Balaban J connectivity index is 1.99. The highest BCUT2D eigenvalue weighted by molar-refractivity contribution is 6.29. The molecule has 0 aliphatic heterocycles. The van der Waals surface area contributed by atoms with Crippen LogP contribution >= 0.6 is 11.6 Å². The van der Waals surface area contributed by atoms with Crippen molar-refractivity contribution < 1.29 is 0 Å². The van der Waals surface area contributed by atoms with E-state index in [0.717, 1.165) is 5.15 Å². The van der Waals surface area contributed by atoms with Crippen molar-refractivity contribution in [3.05, 3.63) is 17.4 Å². The summed E-state index contributed by atoms with van der Waals surface area (Å²) in [4.78, 5) is 0. The minimum absolute atomic E-state index is 0.502. The van der Waals surface area contributed by atoms with E-state index in [-0.39, 0.29) is 0 Å². The second-order valence-corrected chi connectivity index (χ2v) is 4.28. The molecule has 0 bridgehead atoms. The first-order valence-electron chi connectivity index (χ1n) is 5.17. The van der Waals surface area contributed by atoms with Gasteiger partial charge in [-0.15, -0.1) is 0 Å². The molecule has 4 heteroatoms. The average Bonchev–Trinajstić information content (AvgIpc) is 2.65. The van der Waals surface area contributed by atoms with E-state index in [2.05, 4.69) is 10.4 Å². The first kappa shape index (κ1) is 9.99. The Hall–Kier alpha value is -0.540. The summed E-state index contributed by atoms with van der Waals surface area (Å²) < 4.78 is 1.95. The zero-order valence-corrected chi connectivity index (χ0v) is 9.17. The fraction of sp³-hybridized carbons (Fsp3) is 0.700. The van der Waals surface area contributed by atoms with Gasteiger partial charge in [-0.1, -0.05) is 11.6 Å². The van der Waals surface area contributed by atoms with Gasteiger partial charge in [0.05, 0.1) is 12.2 Å². The van der Waals surface area contributed by atoms with Gasteiger partial charge in [-0.25, -0.2) is 0 Å². The van der Waals surface area contributed by atoms with Gasteiger partial charge in [0.15, 0.2) is 0 Å². The quantitative estimate of drug-likeness (QED) is 0.817. The van der Waals surface area contributed by atoms with Crippen molar-refractivity contribution in [2.24, 2.45) is 0 Å². The molecule has 1 aromatic rings. The van der Waals surface area contributed by atoms with Gasteiger partial charge in [-0.05, 0) is 38.8 Å². The monoisotopic (exact) mass is 213 g/mol. The molecule has 0 spiro atoms. The average molecular weight is 214 g/mol. The molecule has 0 atom stereocenters. The topological polar surface area (TPSA) is 29.9 Å². The second-order valence-electron chi connectivity index (χ2n) is 3.89. The van der Waals surface area contributed by atoms with Gasteiger partial charge < -0.3 is 5.32 Å². The highest BCUT2D eigenvalue weighted by Crippen LogP contribution is 2.29. The maximum absolute atomic E-state index is 6.03. The number of rotatable bonds is 2. The van der Waals surface area contributed by atoms with E-state index in [0.29, 0.717) is 12.1 Å². The fourth-order valence-electron chi connectivity index (χ4n) is 2.18. The maximum Gasteiger partial charge on any atom is 0.127 e. The molecule has 14 heavy (non-hydrogen) atoms. The lowest BCUT2D eigenvalue weighted by Gasteiger charge is -2.28. The molecule has 0 aromatic carbocycles. The molecule has 78 valence electrons. The van der Waals surface area contributed by atoms with Crippen LogP contribution in [0.4, 0.5) is 0 Å². The molecule has 1 N–H and O–H groups in total. The van der Waals surface area contributed by atoms with Crippen LogP contribution in [0.15, 0.2) is 12.3 Å². The first-order valence-corrected chi connectivity index (χ1v) is 5.55. The summed E-state index contributed by atoms with van der Waals surface area (Å²) in [6, 6.07) is 3.04. The van der Waals surface area contributed by atoms with Gasteiger partial charge in [0.25, 0.3) is 0 Å². The van der Waals surface area contributed by atoms with Crippen LogP contribution in [-0.4, -0.2) is 22.9 Å². The summed E-state index contributed by atoms with van der Waals surface area (Å²) >= 11 is 6.03. The zero-order valence-electron chi connectivity index (χ0n) is 8.41. The van der Waals surface area contributed by atoms with Crippen molar-refractivity contribution in [2.75, 3.05) is 7.05 Å². The predicted molar refractivity (Wildman–Crippen MR) is 57.6 cm³/mol. The molecule has 1 fully saturated rings. The smallest absolute Gasteiger partial charge is 0.127 e. The lowest BCUT2D eigenvalue weighted by molar-refractivity contribution is 0.285. The van der Waals surface area contributed by atoms with Crippen molar-refractivity contribution in [1.29, 1.82) is 0 Å². The third kappa shape index (κ3) is 1.93. The van der Waals surface area contributed by atoms with E-state index in [1.54, 1.807) is 6.20 Å². The van der Waals surface area contributed by atoms with E-state index in [9.17, 15) is 0 Å². The van der Waals surface area contributed by atoms with Gasteiger partial charge in [-0.2, -0.15) is 5.10 Å². The number of aromatic nitrogens is 2. The normalized spacial score (nSPS) is 27.9. The summed E-state index contributed by atoms with van der Waals surface area (Å²) in [6.07, 6.45) is 6.56. The van der Waals surface area contributed by atoms with Gasteiger partial charge in [0.1, 0.15) is 5.15 Å². The molecular weight excluding hydrogens is 198 g/mol. The van der Waals surface area contributed by atoms with Crippen LogP contribution in [0.25, 0.3) is 0 Å². The molecule has 0 amide bonds. The third-order valence-corrected chi connectivity index (χ3v) is 3.37. The molecule has 0 radical (unpaired) electrons. The van der Waals surface area contributed by atoms with E-state index in [1.165, 1.54) is 25.7 Å². The molecule has 0 unspecified atom stereocenters. The van der Waals surface area contributed by atoms with Crippen molar-refractivity contribution >= 4 is 11.6 Å². The molecule has 1 aromatic heterocycles. The minimum atomic E-state index is 0.502. The largest absolute Gasteiger partial charge is 0.317 e. The summed E-state index contributed by atoms with van der Waals surface area (Å²) in [5.74, 6) is 0. The van der Waals surface area contributed by atoms with Crippen LogP contribution in [0, 0.1) is 0 Å². The summed E-state index contributed by atoms with van der Waals surface area (Å²) in [5, 5.41) is 8.34. The van der Waals surface area contributed by atoms with E-state index in [4.69, 9.17) is 11.6 Å². The van der Waals surface area contributed by atoms with Crippen molar-refractivity contribution in [3.8, 4) is 0 Å². The van der Waals surface area contributed by atoms with Crippen LogP contribution in [0.1, 0.15) is 31.7 Å². The van der Waals surface area contributed by atoms with Crippen LogP contribution < -0.4 is 5.32 Å². The highest BCUT2D eigenvalue weighted by Gasteiger charge is 2.22. The maximum atomic E-state index is 6.03. The molecule has 1 heterocycles. The number of halogens is 1. The Labute approximate surface area is 89.4 Å². The summed E-state index contributed by atoms with van der Waals surface area (Å²) in [6.45, 7) is 0. The number of hydrogen-bond acceptors (Lipinski definition) is 2. The lowest BCUT2D eigenvalue weighted by atomic mass is 9.91. The molecule has 1 aliphatic carbocycles. The highest BCUT2D eigenvalue weighted by atomic mass is 35.5. The van der Waals surface area contributed by atoms with Crippen LogP contribution in [0.2, 0.25) is 5.15 Å². The van der Waals surface area contributed by atoms with Gasteiger partial charge in [0, 0.05) is 6.04 Å². The Morgan fingerprint density at radius 3 is 2.64 bits per heavy atom. The first-order chi connectivity index (χ1) is 6.81. The predicted octanol–water partition coefficient (Wildman–Crippen LogP) is 2.24. The Bertz CT molecular complexity index is 289. The van der Waals surface area contributed by atoms with Gasteiger partial charge in [-0.3, -0.25) is 4.68 Å². The van der Waals surface area contributed by atoms with Gasteiger partial charge in [0.2, 0.25) is 0 Å². The number of hydrogen-bond donors (Lipinski definition) is 1. The summed E-state index contributed by atoms with van der Waals surface area (Å²) in [5.41, 5.74) is 0. The number of nitrogens with zero attached hydrogens (tertiary/aromatic N) is 2. The van der Waals surface area contributed by atoms with E-state index in [1.807, 2.05) is 17.8 Å². The minimum Gasteiger partial charge on any atom is -0.317 e. The van der Waals surface area contributed by atoms with Crippen molar-refractivity contribution in [1.82, 2.24) is 15.1 Å². The van der Waals surface area contributed by atoms with Crippen molar-refractivity contribution in [3.63, 3.8) is 0 Å². The summed E-state index contributed by atoms with van der Waals surface area (Å²) in [7, 11) is 2.03. The SMILES string of the molecule is CNC1CCC(n2nccc2Cl)CC1. The van der Waals surface area contributed by atoms with Crippen LogP contribution in [0.3, 0.4) is 0 Å². The van der Waals surface area contributed by atoms with Crippen LogP contribution in [-0.2, 0) is 0 Å². The third-order valence-electron chi connectivity index (χ3n) is 3.07. The second kappa shape index (κ2) is 4.32. The Kier molecular flexibility index (Phi) is 3.08. The van der Waals surface area contributed by atoms with E-state index >= 15 is 0 Å². The molecule has 1 aliphatic rings. The lowest BCUT2D eigenvalue weighted by Crippen LogP contribution is -2.31. The molecule has 0 saturated heterocycles.